The van der Waals surface area contributed by atoms with Crippen molar-refractivity contribution in [2.45, 2.75) is 76.0 Å². The van der Waals surface area contributed by atoms with E-state index in [1.54, 1.807) is 0 Å². The highest BCUT2D eigenvalue weighted by Gasteiger charge is 2.08. The predicted octanol–water partition coefficient (Wildman–Crippen LogP) is 6.81. The molecule has 142 valence electrons. The van der Waals surface area contributed by atoms with Gasteiger partial charge in [0.15, 0.2) is 0 Å². The van der Waals surface area contributed by atoms with Crippen molar-refractivity contribution in [1.29, 1.82) is 0 Å². The van der Waals surface area contributed by atoms with Crippen LogP contribution < -0.4 is 0 Å². The highest BCUT2D eigenvalue weighted by molar-refractivity contribution is 7.85. The number of hydrogen-bond donors (Lipinski definition) is 0. The Balaban J connectivity index is 1.91. The van der Waals surface area contributed by atoms with Crippen LogP contribution in [0, 0.1) is 11.8 Å². The summed E-state index contributed by atoms with van der Waals surface area (Å²) in [6, 6.07) is 16.6. The highest BCUT2D eigenvalue weighted by atomic mass is 32.2. The van der Waals surface area contributed by atoms with Crippen LogP contribution in [0.4, 0.5) is 0 Å². The second kappa shape index (κ2) is 10.7. The zero-order chi connectivity index (χ0) is 18.9. The van der Waals surface area contributed by atoms with Crippen molar-refractivity contribution in [3.63, 3.8) is 0 Å². The SMILES string of the molecule is CC(C)CCCc1ccc(S(=O)c2ccc(CCCC(C)C)cc2)cc1. The third-order valence-electron chi connectivity index (χ3n) is 4.77. The van der Waals surface area contributed by atoms with Crippen LogP contribution in [0.15, 0.2) is 58.3 Å². The summed E-state index contributed by atoms with van der Waals surface area (Å²) in [7, 11) is -1.09. The first-order valence-electron chi connectivity index (χ1n) is 10.1. The van der Waals surface area contributed by atoms with E-state index in [1.165, 1.54) is 36.8 Å². The fraction of sp³-hybridized carbons (Fsp3) is 0.500. The average Bonchev–Trinajstić information content (AvgIpc) is 2.62. The van der Waals surface area contributed by atoms with Gasteiger partial charge in [0, 0.05) is 9.79 Å². The first kappa shape index (κ1) is 20.9. The third-order valence-corrected chi connectivity index (χ3v) is 6.17. The maximum absolute atomic E-state index is 12.8. The lowest BCUT2D eigenvalue weighted by atomic mass is 10.0. The molecule has 0 atom stereocenters. The quantitative estimate of drug-likeness (QED) is 0.449. The van der Waals surface area contributed by atoms with Crippen LogP contribution in [0.3, 0.4) is 0 Å². The summed E-state index contributed by atoms with van der Waals surface area (Å²) in [5.74, 6) is 1.52. The van der Waals surface area contributed by atoms with Crippen LogP contribution in [0.25, 0.3) is 0 Å². The van der Waals surface area contributed by atoms with Crippen molar-refractivity contribution in [2.24, 2.45) is 11.8 Å². The molecule has 26 heavy (non-hydrogen) atoms. The second-order valence-corrected chi connectivity index (χ2v) is 9.61. The standard InChI is InChI=1S/C24H34OS/c1-19(2)7-5-9-21-11-15-23(16-12-21)26(25)24-17-13-22(14-18-24)10-6-8-20(3)4/h11-20H,5-10H2,1-4H3. The molecule has 0 aliphatic carbocycles. The van der Waals surface area contributed by atoms with E-state index in [0.29, 0.717) is 0 Å². The third kappa shape index (κ3) is 7.07. The predicted molar refractivity (Wildman–Crippen MR) is 113 cm³/mol. The molecule has 0 bridgehead atoms. The van der Waals surface area contributed by atoms with Gasteiger partial charge in [-0.05, 0) is 72.9 Å². The van der Waals surface area contributed by atoms with E-state index in [0.717, 1.165) is 34.5 Å². The van der Waals surface area contributed by atoms with Crippen LogP contribution in [0.5, 0.6) is 0 Å². The zero-order valence-electron chi connectivity index (χ0n) is 16.8. The molecule has 0 aliphatic rings. The van der Waals surface area contributed by atoms with Gasteiger partial charge in [0.05, 0.1) is 10.8 Å². The van der Waals surface area contributed by atoms with Crippen molar-refractivity contribution in [3.8, 4) is 0 Å². The Bertz CT molecular complexity index is 609. The van der Waals surface area contributed by atoms with Crippen molar-refractivity contribution in [1.82, 2.24) is 0 Å². The molecule has 2 aromatic rings. The second-order valence-electron chi connectivity index (χ2n) is 8.13. The fourth-order valence-corrected chi connectivity index (χ4v) is 4.16. The van der Waals surface area contributed by atoms with Gasteiger partial charge in [0.1, 0.15) is 0 Å². The summed E-state index contributed by atoms with van der Waals surface area (Å²) in [6.07, 6.45) is 7.18. The van der Waals surface area contributed by atoms with E-state index < -0.39 is 10.8 Å². The lowest BCUT2D eigenvalue weighted by Crippen LogP contribution is -1.96. The van der Waals surface area contributed by atoms with Crippen molar-refractivity contribution in [2.75, 3.05) is 0 Å². The molecule has 2 aromatic carbocycles. The number of hydrogen-bond acceptors (Lipinski definition) is 1. The monoisotopic (exact) mass is 370 g/mol. The van der Waals surface area contributed by atoms with Crippen molar-refractivity contribution >= 4 is 10.8 Å². The van der Waals surface area contributed by atoms with E-state index in [9.17, 15) is 4.21 Å². The highest BCUT2D eigenvalue weighted by Crippen LogP contribution is 2.20. The van der Waals surface area contributed by atoms with Crippen LogP contribution in [-0.4, -0.2) is 4.21 Å². The molecule has 1 nitrogen and oxygen atoms in total. The van der Waals surface area contributed by atoms with Gasteiger partial charge in [0.2, 0.25) is 0 Å². The summed E-state index contributed by atoms with van der Waals surface area (Å²) in [5.41, 5.74) is 2.68. The van der Waals surface area contributed by atoms with Crippen molar-refractivity contribution in [3.05, 3.63) is 59.7 Å². The molecule has 0 saturated heterocycles. The van der Waals surface area contributed by atoms with E-state index in [2.05, 4.69) is 52.0 Å². The van der Waals surface area contributed by atoms with Gasteiger partial charge in [-0.3, -0.25) is 0 Å². The van der Waals surface area contributed by atoms with Gasteiger partial charge in [-0.2, -0.15) is 0 Å². The molecule has 0 aliphatic heterocycles. The minimum atomic E-state index is -1.09. The number of aryl methyl sites for hydroxylation is 2. The molecule has 2 rings (SSSR count). The largest absolute Gasteiger partial charge is 0.249 e. The van der Waals surface area contributed by atoms with Gasteiger partial charge >= 0.3 is 0 Å². The van der Waals surface area contributed by atoms with E-state index in [-0.39, 0.29) is 0 Å². The molecule has 0 saturated carbocycles. The summed E-state index contributed by atoms with van der Waals surface area (Å²) in [6.45, 7) is 9.06. The first-order valence-corrected chi connectivity index (χ1v) is 11.2. The van der Waals surface area contributed by atoms with Crippen LogP contribution in [0.1, 0.15) is 64.5 Å². The Morgan fingerprint density at radius 3 is 1.31 bits per heavy atom. The van der Waals surface area contributed by atoms with Gasteiger partial charge in [-0.1, -0.05) is 64.8 Å². The molecular formula is C24H34OS. The minimum absolute atomic E-state index is 0.759. The lowest BCUT2D eigenvalue weighted by molar-refractivity contribution is 0.555. The summed E-state index contributed by atoms with van der Waals surface area (Å²) < 4.78 is 12.8. The van der Waals surface area contributed by atoms with Gasteiger partial charge in [-0.15, -0.1) is 0 Å². The number of rotatable bonds is 10. The summed E-state index contributed by atoms with van der Waals surface area (Å²) >= 11 is 0. The molecular weight excluding hydrogens is 336 g/mol. The molecule has 0 aromatic heterocycles. The molecule has 0 amide bonds. The summed E-state index contributed by atoms with van der Waals surface area (Å²) in [4.78, 5) is 1.79. The molecule has 0 fully saturated rings. The van der Waals surface area contributed by atoms with E-state index in [4.69, 9.17) is 0 Å². The van der Waals surface area contributed by atoms with Gasteiger partial charge in [0.25, 0.3) is 0 Å². The Labute approximate surface area is 162 Å². The Hall–Kier alpha value is -1.41. The molecule has 0 heterocycles. The molecule has 2 heteroatoms. The molecule has 0 radical (unpaired) electrons. The van der Waals surface area contributed by atoms with E-state index in [1.807, 2.05) is 24.3 Å². The first-order chi connectivity index (χ1) is 12.5. The zero-order valence-corrected chi connectivity index (χ0v) is 17.6. The van der Waals surface area contributed by atoms with Crippen LogP contribution >= 0.6 is 0 Å². The topological polar surface area (TPSA) is 17.1 Å². The molecule has 0 unspecified atom stereocenters. The Morgan fingerprint density at radius 2 is 1.00 bits per heavy atom. The van der Waals surface area contributed by atoms with Gasteiger partial charge in [-0.25, -0.2) is 4.21 Å². The van der Waals surface area contributed by atoms with E-state index >= 15 is 0 Å². The summed E-state index contributed by atoms with van der Waals surface area (Å²) in [5, 5.41) is 0. The van der Waals surface area contributed by atoms with Crippen molar-refractivity contribution < 1.29 is 4.21 Å². The molecule has 0 spiro atoms. The number of benzene rings is 2. The normalized spacial score (nSPS) is 11.7. The smallest absolute Gasteiger partial charge is 0.0849 e. The van der Waals surface area contributed by atoms with Crippen LogP contribution in [-0.2, 0) is 23.6 Å². The maximum Gasteiger partial charge on any atom is 0.0849 e. The lowest BCUT2D eigenvalue weighted by Gasteiger charge is -2.08. The van der Waals surface area contributed by atoms with Gasteiger partial charge < -0.3 is 0 Å². The maximum atomic E-state index is 12.8. The van der Waals surface area contributed by atoms with Crippen LogP contribution in [0.2, 0.25) is 0 Å². The average molecular weight is 371 g/mol. The Kier molecular flexibility index (Phi) is 8.58. The molecule has 0 N–H and O–H groups in total. The Morgan fingerprint density at radius 1 is 0.654 bits per heavy atom. The minimum Gasteiger partial charge on any atom is -0.249 e. The fourth-order valence-electron chi connectivity index (χ4n) is 3.12.